The van der Waals surface area contributed by atoms with Crippen LogP contribution >= 0.6 is 11.6 Å². The van der Waals surface area contributed by atoms with Crippen LogP contribution in [0.3, 0.4) is 0 Å². The van der Waals surface area contributed by atoms with Crippen LogP contribution < -0.4 is 0 Å². The molecule has 112 valence electrons. The molecule has 1 aromatic heterocycles. The normalized spacial score (nSPS) is 22.4. The first-order chi connectivity index (χ1) is 10.1. The third-order valence-electron chi connectivity index (χ3n) is 3.91. The molecule has 1 aliphatic rings. The Morgan fingerprint density at radius 3 is 2.81 bits per heavy atom. The number of aliphatic hydroxyl groups excluding tert-OH is 1. The van der Waals surface area contributed by atoms with Crippen molar-refractivity contribution < 1.29 is 14.0 Å². The molecule has 1 saturated carbocycles. The molecule has 6 heteroatoms. The molecular formula is C15H16ClFN2O2. The molecular weight excluding hydrogens is 295 g/mol. The van der Waals surface area contributed by atoms with Gasteiger partial charge in [-0.2, -0.15) is 4.98 Å². The second-order valence-electron chi connectivity index (χ2n) is 5.44. The van der Waals surface area contributed by atoms with Crippen molar-refractivity contribution in [2.45, 2.75) is 44.1 Å². The van der Waals surface area contributed by atoms with Gasteiger partial charge in [-0.1, -0.05) is 28.9 Å². The van der Waals surface area contributed by atoms with Crippen molar-refractivity contribution in [1.82, 2.24) is 10.1 Å². The number of aromatic nitrogens is 2. The van der Waals surface area contributed by atoms with Gasteiger partial charge in [0, 0.05) is 12.3 Å². The van der Waals surface area contributed by atoms with E-state index < -0.39 is 5.82 Å². The second-order valence-corrected chi connectivity index (χ2v) is 5.85. The standard InChI is InChI=1S/C15H16ClFN2O2/c16-12-3-1-2-10(14(12)17)8-13-18-15(21-19-13)9-4-6-11(20)7-5-9/h1-3,9,11,20H,4-8H2. The summed E-state index contributed by atoms with van der Waals surface area (Å²) in [5.41, 5.74) is 0.453. The summed E-state index contributed by atoms with van der Waals surface area (Å²) in [5, 5.41) is 13.5. The van der Waals surface area contributed by atoms with Gasteiger partial charge in [-0.25, -0.2) is 4.39 Å². The number of rotatable bonds is 3. The van der Waals surface area contributed by atoms with Gasteiger partial charge in [0.25, 0.3) is 0 Å². The molecule has 1 aliphatic carbocycles. The summed E-state index contributed by atoms with van der Waals surface area (Å²) >= 11 is 5.76. The number of halogens is 2. The van der Waals surface area contributed by atoms with Crippen LogP contribution in [-0.4, -0.2) is 21.4 Å². The molecule has 0 bridgehead atoms. The Labute approximate surface area is 126 Å². The maximum atomic E-state index is 13.8. The van der Waals surface area contributed by atoms with Crippen molar-refractivity contribution >= 4 is 11.6 Å². The highest BCUT2D eigenvalue weighted by atomic mass is 35.5. The van der Waals surface area contributed by atoms with Crippen molar-refractivity contribution in [2.24, 2.45) is 0 Å². The van der Waals surface area contributed by atoms with E-state index in [4.69, 9.17) is 16.1 Å². The molecule has 1 N–H and O–H groups in total. The zero-order valence-corrected chi connectivity index (χ0v) is 12.2. The smallest absolute Gasteiger partial charge is 0.229 e. The Bertz CT molecular complexity index is 624. The Morgan fingerprint density at radius 2 is 2.05 bits per heavy atom. The maximum Gasteiger partial charge on any atom is 0.229 e. The van der Waals surface area contributed by atoms with E-state index in [0.717, 1.165) is 25.7 Å². The number of benzene rings is 1. The van der Waals surface area contributed by atoms with Crippen molar-refractivity contribution in [2.75, 3.05) is 0 Å². The summed E-state index contributed by atoms with van der Waals surface area (Å²) in [6.45, 7) is 0. The van der Waals surface area contributed by atoms with Gasteiger partial charge < -0.3 is 9.63 Å². The van der Waals surface area contributed by atoms with Gasteiger partial charge in [-0.05, 0) is 37.3 Å². The van der Waals surface area contributed by atoms with Gasteiger partial charge in [0.15, 0.2) is 5.82 Å². The summed E-state index contributed by atoms with van der Waals surface area (Å²) < 4.78 is 19.1. The third kappa shape index (κ3) is 3.24. The molecule has 0 atom stereocenters. The highest BCUT2D eigenvalue weighted by Crippen LogP contribution is 2.32. The Morgan fingerprint density at radius 1 is 1.29 bits per heavy atom. The molecule has 1 fully saturated rings. The van der Waals surface area contributed by atoms with Gasteiger partial charge in [0.1, 0.15) is 5.82 Å². The topological polar surface area (TPSA) is 59.2 Å². The van der Waals surface area contributed by atoms with E-state index in [-0.39, 0.29) is 23.5 Å². The number of aliphatic hydroxyl groups is 1. The molecule has 3 rings (SSSR count). The highest BCUT2D eigenvalue weighted by molar-refractivity contribution is 6.30. The molecule has 0 aliphatic heterocycles. The van der Waals surface area contributed by atoms with Crippen LogP contribution in [0.4, 0.5) is 4.39 Å². The quantitative estimate of drug-likeness (QED) is 0.943. The van der Waals surface area contributed by atoms with Crippen molar-refractivity contribution in [3.63, 3.8) is 0 Å². The summed E-state index contributed by atoms with van der Waals surface area (Å²) in [5.74, 6) is 0.793. The average Bonchev–Trinajstić information content (AvgIpc) is 2.93. The molecule has 2 aromatic rings. The van der Waals surface area contributed by atoms with E-state index in [9.17, 15) is 9.50 Å². The minimum Gasteiger partial charge on any atom is -0.393 e. The average molecular weight is 311 g/mol. The van der Waals surface area contributed by atoms with Gasteiger partial charge in [0.2, 0.25) is 5.89 Å². The van der Waals surface area contributed by atoms with E-state index in [1.54, 1.807) is 12.1 Å². The highest BCUT2D eigenvalue weighted by Gasteiger charge is 2.25. The van der Waals surface area contributed by atoms with Crippen LogP contribution in [0.1, 0.15) is 48.9 Å². The molecule has 0 amide bonds. The van der Waals surface area contributed by atoms with Crippen LogP contribution in [0.5, 0.6) is 0 Å². The molecule has 1 aromatic carbocycles. The first kappa shape index (κ1) is 14.5. The van der Waals surface area contributed by atoms with Gasteiger partial charge in [-0.3, -0.25) is 0 Å². The first-order valence-electron chi connectivity index (χ1n) is 7.07. The fraction of sp³-hybridized carbons (Fsp3) is 0.467. The summed E-state index contributed by atoms with van der Waals surface area (Å²) in [6, 6.07) is 4.87. The minimum absolute atomic E-state index is 0.0949. The summed E-state index contributed by atoms with van der Waals surface area (Å²) in [4.78, 5) is 4.36. The first-order valence-corrected chi connectivity index (χ1v) is 7.44. The zero-order chi connectivity index (χ0) is 14.8. The Balaban J connectivity index is 1.72. The molecule has 0 spiro atoms. The van der Waals surface area contributed by atoms with Crippen LogP contribution in [0.15, 0.2) is 22.7 Å². The lowest BCUT2D eigenvalue weighted by atomic mass is 9.87. The minimum atomic E-state index is -0.439. The molecule has 1 heterocycles. The summed E-state index contributed by atoms with van der Waals surface area (Å²) in [6.07, 6.45) is 3.23. The van der Waals surface area contributed by atoms with Crippen LogP contribution in [-0.2, 0) is 6.42 Å². The SMILES string of the molecule is OC1CCC(c2nc(Cc3cccc(Cl)c3F)no2)CC1. The molecule has 0 unspecified atom stereocenters. The van der Waals surface area contributed by atoms with E-state index in [0.29, 0.717) is 17.3 Å². The lowest BCUT2D eigenvalue weighted by Gasteiger charge is -2.22. The molecule has 0 saturated heterocycles. The zero-order valence-electron chi connectivity index (χ0n) is 11.4. The molecule has 4 nitrogen and oxygen atoms in total. The number of hydrogen-bond acceptors (Lipinski definition) is 4. The number of nitrogens with zero attached hydrogens (tertiary/aromatic N) is 2. The van der Waals surface area contributed by atoms with E-state index in [1.807, 2.05) is 0 Å². The van der Waals surface area contributed by atoms with E-state index in [1.165, 1.54) is 6.07 Å². The number of hydrogen-bond donors (Lipinski definition) is 1. The van der Waals surface area contributed by atoms with Gasteiger partial charge in [0.05, 0.1) is 11.1 Å². The lowest BCUT2D eigenvalue weighted by molar-refractivity contribution is 0.116. The van der Waals surface area contributed by atoms with Crippen molar-refractivity contribution in [3.8, 4) is 0 Å². The third-order valence-corrected chi connectivity index (χ3v) is 4.20. The van der Waals surface area contributed by atoms with Crippen LogP contribution in [0.25, 0.3) is 0 Å². The van der Waals surface area contributed by atoms with Crippen molar-refractivity contribution in [3.05, 3.63) is 46.3 Å². The predicted octanol–water partition coefficient (Wildman–Crippen LogP) is 3.47. The second kappa shape index (κ2) is 6.12. The van der Waals surface area contributed by atoms with Crippen LogP contribution in [0, 0.1) is 5.82 Å². The lowest BCUT2D eigenvalue weighted by Crippen LogP contribution is -2.17. The van der Waals surface area contributed by atoms with Gasteiger partial charge in [-0.15, -0.1) is 0 Å². The maximum absolute atomic E-state index is 13.8. The van der Waals surface area contributed by atoms with Crippen molar-refractivity contribution in [1.29, 1.82) is 0 Å². The Hall–Kier alpha value is -1.46. The predicted molar refractivity (Wildman–Crippen MR) is 75.7 cm³/mol. The molecule has 21 heavy (non-hydrogen) atoms. The van der Waals surface area contributed by atoms with E-state index in [2.05, 4.69) is 10.1 Å². The molecule has 0 radical (unpaired) electrons. The van der Waals surface area contributed by atoms with Gasteiger partial charge >= 0.3 is 0 Å². The van der Waals surface area contributed by atoms with Crippen LogP contribution in [0.2, 0.25) is 5.02 Å². The monoisotopic (exact) mass is 310 g/mol. The fourth-order valence-electron chi connectivity index (χ4n) is 2.68. The van der Waals surface area contributed by atoms with E-state index >= 15 is 0 Å². The Kier molecular flexibility index (Phi) is 4.22. The fourth-order valence-corrected chi connectivity index (χ4v) is 2.88. The largest absolute Gasteiger partial charge is 0.393 e. The summed E-state index contributed by atoms with van der Waals surface area (Å²) in [7, 11) is 0.